The summed E-state index contributed by atoms with van der Waals surface area (Å²) in [4.78, 5) is 43.2. The van der Waals surface area contributed by atoms with E-state index < -0.39 is 41.6 Å². The number of hydrogen-bond donors (Lipinski definition) is 2. The van der Waals surface area contributed by atoms with E-state index in [1.807, 2.05) is 0 Å². The SMILES string of the molecule is CC1Cn2nccc2C(N2CC(C(=O)N(C)CCO)CC2=O)N1C(=O)Nc1cc(F)c(F)c(F)c1. The van der Waals surface area contributed by atoms with E-state index in [0.717, 1.165) is 0 Å². The first-order valence-corrected chi connectivity index (χ1v) is 11.0. The van der Waals surface area contributed by atoms with Gasteiger partial charge in [-0.15, -0.1) is 0 Å². The van der Waals surface area contributed by atoms with Gasteiger partial charge in [0.1, 0.15) is 0 Å². The highest BCUT2D eigenvalue weighted by Crippen LogP contribution is 2.37. The number of aliphatic hydroxyl groups is 1. The Labute approximate surface area is 198 Å². The normalized spacial score (nSPS) is 21.8. The van der Waals surface area contributed by atoms with Crippen LogP contribution in [0.5, 0.6) is 0 Å². The summed E-state index contributed by atoms with van der Waals surface area (Å²) in [6.45, 7) is 1.95. The van der Waals surface area contributed by atoms with Gasteiger partial charge >= 0.3 is 6.03 Å². The van der Waals surface area contributed by atoms with Gasteiger partial charge in [0, 0.05) is 50.6 Å². The molecular formula is C22H25F3N6O4. The second-order valence-electron chi connectivity index (χ2n) is 8.68. The van der Waals surface area contributed by atoms with Crippen molar-refractivity contribution in [1.82, 2.24) is 24.5 Å². The molecule has 1 aromatic heterocycles. The molecule has 13 heteroatoms. The lowest BCUT2D eigenvalue weighted by atomic mass is 10.1. The summed E-state index contributed by atoms with van der Waals surface area (Å²) in [5.74, 6) is -5.89. The monoisotopic (exact) mass is 494 g/mol. The number of carbonyl (C=O) groups excluding carboxylic acids is 3. The van der Waals surface area contributed by atoms with Crippen LogP contribution >= 0.6 is 0 Å². The molecule has 2 aromatic rings. The Morgan fingerprint density at radius 3 is 2.57 bits per heavy atom. The Hall–Kier alpha value is -3.61. The molecule has 3 atom stereocenters. The van der Waals surface area contributed by atoms with Crippen molar-refractivity contribution in [3.05, 3.63) is 47.5 Å². The minimum atomic E-state index is -1.65. The topological polar surface area (TPSA) is 111 Å². The first kappa shape index (κ1) is 24.5. The standard InChI is InChI=1S/C22H25F3N6O4/c1-12-10-30-17(3-4-26-30)20(29-11-13(7-18(29)33)21(34)28(2)5-6-32)31(12)22(35)27-14-8-15(23)19(25)16(24)9-14/h3-4,8-9,12-13,20,32H,5-7,10-11H2,1-2H3,(H,27,35). The number of anilines is 1. The summed E-state index contributed by atoms with van der Waals surface area (Å²) in [7, 11) is 1.53. The molecule has 10 nitrogen and oxygen atoms in total. The van der Waals surface area contributed by atoms with Crippen LogP contribution in [0.25, 0.3) is 0 Å². The first-order valence-electron chi connectivity index (χ1n) is 11.0. The molecule has 0 radical (unpaired) electrons. The molecule has 2 aliphatic heterocycles. The van der Waals surface area contributed by atoms with Crippen LogP contribution in [0, 0.1) is 23.4 Å². The highest BCUT2D eigenvalue weighted by atomic mass is 19.2. The van der Waals surface area contributed by atoms with Gasteiger partial charge in [0.25, 0.3) is 0 Å². The number of aromatic nitrogens is 2. The first-order chi connectivity index (χ1) is 16.6. The van der Waals surface area contributed by atoms with Crippen molar-refractivity contribution in [2.45, 2.75) is 32.1 Å². The second kappa shape index (κ2) is 9.56. The van der Waals surface area contributed by atoms with E-state index in [0.29, 0.717) is 24.4 Å². The van der Waals surface area contributed by atoms with E-state index in [9.17, 15) is 27.6 Å². The average molecular weight is 494 g/mol. The number of aliphatic hydroxyl groups excluding tert-OH is 1. The number of carbonyl (C=O) groups is 3. The van der Waals surface area contributed by atoms with E-state index in [1.54, 1.807) is 17.7 Å². The number of nitrogens with one attached hydrogen (secondary N) is 1. The van der Waals surface area contributed by atoms with Crippen molar-refractivity contribution in [3.63, 3.8) is 0 Å². The number of amides is 4. The Bertz CT molecular complexity index is 1130. The molecule has 0 bridgehead atoms. The van der Waals surface area contributed by atoms with Crippen LogP contribution in [-0.2, 0) is 16.1 Å². The van der Waals surface area contributed by atoms with E-state index >= 15 is 0 Å². The summed E-state index contributed by atoms with van der Waals surface area (Å²) in [6, 6.07) is 1.71. The highest BCUT2D eigenvalue weighted by Gasteiger charge is 2.46. The Morgan fingerprint density at radius 2 is 1.91 bits per heavy atom. The number of hydrogen-bond acceptors (Lipinski definition) is 5. The zero-order valence-electron chi connectivity index (χ0n) is 19.1. The van der Waals surface area contributed by atoms with Gasteiger partial charge in [0.2, 0.25) is 11.8 Å². The summed E-state index contributed by atoms with van der Waals surface area (Å²) < 4.78 is 42.4. The van der Waals surface area contributed by atoms with Gasteiger partial charge in [-0.1, -0.05) is 0 Å². The third-order valence-electron chi connectivity index (χ3n) is 6.27. The summed E-state index contributed by atoms with van der Waals surface area (Å²) >= 11 is 0. The van der Waals surface area contributed by atoms with Gasteiger partial charge in [0.15, 0.2) is 23.6 Å². The van der Waals surface area contributed by atoms with Crippen molar-refractivity contribution in [2.24, 2.45) is 5.92 Å². The number of likely N-dealkylation sites (tertiary alicyclic amines) is 1. The fraction of sp³-hybridized carbons (Fsp3) is 0.455. The molecular weight excluding hydrogens is 469 g/mol. The quantitative estimate of drug-likeness (QED) is 0.613. The van der Waals surface area contributed by atoms with Crippen molar-refractivity contribution in [3.8, 4) is 0 Å². The zero-order chi connectivity index (χ0) is 25.4. The lowest BCUT2D eigenvalue weighted by Gasteiger charge is -2.44. The van der Waals surface area contributed by atoms with Gasteiger partial charge in [-0.05, 0) is 13.0 Å². The van der Waals surface area contributed by atoms with Crippen LogP contribution in [0.1, 0.15) is 25.2 Å². The maximum atomic E-state index is 13.7. The molecule has 0 spiro atoms. The molecule has 2 N–H and O–H groups in total. The molecule has 35 heavy (non-hydrogen) atoms. The van der Waals surface area contributed by atoms with Crippen LogP contribution in [0.3, 0.4) is 0 Å². The number of likely N-dealkylation sites (N-methyl/N-ethyl adjacent to an activating group) is 1. The van der Waals surface area contributed by atoms with Gasteiger partial charge in [0.05, 0.1) is 30.8 Å². The lowest BCUT2D eigenvalue weighted by Crippen LogP contribution is -2.55. The molecule has 4 amide bonds. The number of urea groups is 1. The third-order valence-corrected chi connectivity index (χ3v) is 6.27. The number of halogens is 3. The Kier molecular flexibility index (Phi) is 6.70. The van der Waals surface area contributed by atoms with Gasteiger partial charge in [-0.3, -0.25) is 19.2 Å². The maximum absolute atomic E-state index is 13.7. The van der Waals surface area contributed by atoms with E-state index in [2.05, 4.69) is 10.4 Å². The van der Waals surface area contributed by atoms with Crippen LogP contribution in [-0.4, -0.2) is 80.2 Å². The molecule has 3 unspecified atom stereocenters. The number of rotatable bonds is 5. The fourth-order valence-electron chi connectivity index (χ4n) is 4.58. The van der Waals surface area contributed by atoms with E-state index in [1.165, 1.54) is 27.9 Å². The van der Waals surface area contributed by atoms with Gasteiger partial charge < -0.3 is 20.2 Å². The lowest BCUT2D eigenvalue weighted by molar-refractivity contribution is -0.135. The molecule has 188 valence electrons. The Balaban J connectivity index is 1.64. The molecule has 3 heterocycles. The van der Waals surface area contributed by atoms with Crippen LogP contribution in [0.15, 0.2) is 24.4 Å². The second-order valence-corrected chi connectivity index (χ2v) is 8.68. The predicted octanol–water partition coefficient (Wildman–Crippen LogP) is 1.53. The summed E-state index contributed by atoms with van der Waals surface area (Å²) in [5, 5.41) is 15.7. The largest absolute Gasteiger partial charge is 0.395 e. The van der Waals surface area contributed by atoms with Crippen LogP contribution in [0.4, 0.5) is 23.7 Å². The minimum absolute atomic E-state index is 0.0274. The van der Waals surface area contributed by atoms with Crippen molar-refractivity contribution in [2.75, 3.05) is 32.1 Å². The molecule has 0 saturated carbocycles. The molecule has 1 aromatic carbocycles. The Morgan fingerprint density at radius 1 is 1.23 bits per heavy atom. The zero-order valence-corrected chi connectivity index (χ0v) is 19.1. The van der Waals surface area contributed by atoms with Crippen LogP contribution in [0.2, 0.25) is 0 Å². The fourth-order valence-corrected chi connectivity index (χ4v) is 4.58. The summed E-state index contributed by atoms with van der Waals surface area (Å²) in [6.07, 6.45) is 0.515. The summed E-state index contributed by atoms with van der Waals surface area (Å²) in [5.41, 5.74) is 0.239. The molecule has 1 fully saturated rings. The molecule has 2 aliphatic rings. The molecule has 1 saturated heterocycles. The average Bonchev–Trinajstić information content (AvgIpc) is 3.42. The maximum Gasteiger partial charge on any atom is 0.324 e. The van der Waals surface area contributed by atoms with Crippen molar-refractivity contribution < 1.29 is 32.7 Å². The van der Waals surface area contributed by atoms with Gasteiger partial charge in [-0.25, -0.2) is 18.0 Å². The smallest absolute Gasteiger partial charge is 0.324 e. The van der Waals surface area contributed by atoms with Crippen molar-refractivity contribution >= 4 is 23.5 Å². The number of fused-ring (bicyclic) bond motifs is 1. The predicted molar refractivity (Wildman–Crippen MR) is 116 cm³/mol. The van der Waals surface area contributed by atoms with Crippen molar-refractivity contribution in [1.29, 1.82) is 0 Å². The minimum Gasteiger partial charge on any atom is -0.395 e. The van der Waals surface area contributed by atoms with Gasteiger partial charge in [-0.2, -0.15) is 5.10 Å². The van der Waals surface area contributed by atoms with Crippen LogP contribution < -0.4 is 5.32 Å². The van der Waals surface area contributed by atoms with E-state index in [4.69, 9.17) is 5.11 Å². The third kappa shape index (κ3) is 4.55. The highest BCUT2D eigenvalue weighted by molar-refractivity contribution is 5.92. The number of benzene rings is 1. The molecule has 0 aliphatic carbocycles. The van der Waals surface area contributed by atoms with E-state index in [-0.39, 0.29) is 43.6 Å². The number of nitrogens with zero attached hydrogens (tertiary/aromatic N) is 5. The molecule has 4 rings (SSSR count).